The van der Waals surface area contributed by atoms with Crippen LogP contribution >= 0.6 is 0 Å². The van der Waals surface area contributed by atoms with Crippen molar-refractivity contribution in [2.24, 2.45) is 0 Å². The molecule has 2 saturated heterocycles. The topological polar surface area (TPSA) is 169 Å². The van der Waals surface area contributed by atoms with E-state index in [1.165, 1.54) is 0 Å². The molecule has 2 aliphatic heterocycles. The van der Waals surface area contributed by atoms with Crippen LogP contribution in [-0.2, 0) is 14.2 Å². The average molecular weight is 326 g/mol. The first-order valence-electron chi connectivity index (χ1n) is 6.97. The van der Waals surface area contributed by atoms with Crippen LogP contribution in [0.5, 0.6) is 0 Å². The van der Waals surface area contributed by atoms with Crippen molar-refractivity contribution in [1.29, 1.82) is 0 Å². The van der Waals surface area contributed by atoms with E-state index in [1.54, 1.807) is 0 Å². The highest BCUT2D eigenvalue weighted by Crippen LogP contribution is 2.27. The Morgan fingerprint density at radius 1 is 0.727 bits per heavy atom. The lowest BCUT2D eigenvalue weighted by molar-refractivity contribution is -0.366. The van der Waals surface area contributed by atoms with Crippen molar-refractivity contribution >= 4 is 0 Å². The van der Waals surface area contributed by atoms with Crippen LogP contribution in [0.2, 0.25) is 0 Å². The molecule has 2 aliphatic rings. The third-order valence-electron chi connectivity index (χ3n) is 3.83. The fourth-order valence-corrected chi connectivity index (χ4v) is 2.46. The predicted molar refractivity (Wildman–Crippen MR) is 67.2 cm³/mol. The molecule has 2 rings (SSSR count). The Kier molecular flexibility index (Phi) is 6.07. The molecule has 2 fully saturated rings. The van der Waals surface area contributed by atoms with E-state index in [-0.39, 0.29) is 6.42 Å². The summed E-state index contributed by atoms with van der Waals surface area (Å²) in [5.74, 6) is 0. The Labute approximate surface area is 126 Å². The first-order valence-corrected chi connectivity index (χ1v) is 6.97. The molecule has 0 bridgehead atoms. The summed E-state index contributed by atoms with van der Waals surface area (Å²) in [5.41, 5.74) is 0. The minimum absolute atomic E-state index is 0.118. The van der Waals surface area contributed by atoms with Gasteiger partial charge in [-0.3, -0.25) is 0 Å². The number of hydrogen-bond acceptors (Lipinski definition) is 10. The molecule has 0 radical (unpaired) electrons. The average Bonchev–Trinajstić information content (AvgIpc) is 2.50. The van der Waals surface area contributed by atoms with Crippen molar-refractivity contribution in [2.75, 3.05) is 13.2 Å². The normalized spacial score (nSPS) is 50.0. The second-order valence-corrected chi connectivity index (χ2v) is 5.43. The third kappa shape index (κ3) is 3.57. The Morgan fingerprint density at radius 3 is 1.91 bits per heavy atom. The van der Waals surface area contributed by atoms with Crippen molar-refractivity contribution in [2.45, 2.75) is 61.7 Å². The maximum absolute atomic E-state index is 9.84. The van der Waals surface area contributed by atoms with Gasteiger partial charge in [-0.05, 0) is 0 Å². The third-order valence-corrected chi connectivity index (χ3v) is 3.83. The highest BCUT2D eigenvalue weighted by atomic mass is 16.8. The summed E-state index contributed by atoms with van der Waals surface area (Å²) in [6.45, 7) is -1.11. The van der Waals surface area contributed by atoms with Gasteiger partial charge in [-0.1, -0.05) is 0 Å². The summed E-state index contributed by atoms with van der Waals surface area (Å²) in [6, 6.07) is 0. The van der Waals surface area contributed by atoms with Crippen molar-refractivity contribution in [1.82, 2.24) is 0 Å². The largest absolute Gasteiger partial charge is 0.394 e. The smallest absolute Gasteiger partial charge is 0.189 e. The molecule has 0 aromatic rings. The Morgan fingerprint density at radius 2 is 1.32 bits per heavy atom. The minimum Gasteiger partial charge on any atom is -0.394 e. The van der Waals surface area contributed by atoms with Gasteiger partial charge < -0.3 is 50.0 Å². The fourth-order valence-electron chi connectivity index (χ4n) is 2.46. The number of ether oxygens (including phenoxy) is 3. The maximum Gasteiger partial charge on any atom is 0.189 e. The number of aliphatic hydroxyl groups excluding tert-OH is 7. The first-order chi connectivity index (χ1) is 10.4. The zero-order valence-electron chi connectivity index (χ0n) is 11.7. The van der Waals surface area contributed by atoms with E-state index >= 15 is 0 Å². The van der Waals surface area contributed by atoms with E-state index in [2.05, 4.69) is 0 Å². The van der Waals surface area contributed by atoms with Crippen LogP contribution in [0.25, 0.3) is 0 Å². The highest BCUT2D eigenvalue weighted by Gasteiger charge is 2.47. The Hall–Kier alpha value is -0.400. The van der Waals surface area contributed by atoms with Crippen LogP contribution in [-0.4, -0.2) is 104 Å². The summed E-state index contributed by atoms with van der Waals surface area (Å²) >= 11 is 0. The maximum atomic E-state index is 9.84. The summed E-state index contributed by atoms with van der Waals surface area (Å²) in [4.78, 5) is 0. The summed E-state index contributed by atoms with van der Waals surface area (Å²) in [6.07, 6.45) is -12.1. The van der Waals surface area contributed by atoms with E-state index in [0.717, 1.165) is 0 Å². The van der Waals surface area contributed by atoms with Crippen LogP contribution in [0.15, 0.2) is 0 Å². The summed E-state index contributed by atoms with van der Waals surface area (Å²) < 4.78 is 15.5. The molecule has 9 atom stereocenters. The van der Waals surface area contributed by atoms with E-state index in [9.17, 15) is 25.5 Å². The summed E-state index contributed by atoms with van der Waals surface area (Å²) in [7, 11) is 0. The molecule has 0 amide bonds. The van der Waals surface area contributed by atoms with Gasteiger partial charge in [-0.2, -0.15) is 0 Å². The Bertz CT molecular complexity index is 353. The Balaban J connectivity index is 2.02. The van der Waals surface area contributed by atoms with Gasteiger partial charge in [0.1, 0.15) is 36.6 Å². The van der Waals surface area contributed by atoms with Crippen molar-refractivity contribution in [3.05, 3.63) is 0 Å². The van der Waals surface area contributed by atoms with Crippen LogP contribution in [0.4, 0.5) is 0 Å². The molecule has 0 unspecified atom stereocenters. The van der Waals surface area contributed by atoms with E-state index < -0.39 is 68.5 Å². The van der Waals surface area contributed by atoms with Crippen LogP contribution in [0, 0.1) is 0 Å². The van der Waals surface area contributed by atoms with Crippen molar-refractivity contribution in [3.8, 4) is 0 Å². The zero-order valence-corrected chi connectivity index (χ0v) is 11.7. The molecular weight excluding hydrogens is 304 g/mol. The number of hydrogen-bond donors (Lipinski definition) is 7. The van der Waals surface area contributed by atoms with Gasteiger partial charge in [0.25, 0.3) is 0 Å². The molecular formula is C12H22O10. The molecule has 0 aromatic heterocycles. The SMILES string of the molecule is OC[C@H]1O[C@H](O[C@H]2O[C@H](CO)[C@@H](O)C[C@H]2O)[C@H](O)[C@@H](O)[C@@H]1O. The van der Waals surface area contributed by atoms with Gasteiger partial charge in [0, 0.05) is 6.42 Å². The fraction of sp³-hybridized carbons (Fsp3) is 1.00. The van der Waals surface area contributed by atoms with Crippen LogP contribution in [0.1, 0.15) is 6.42 Å². The molecule has 10 heteroatoms. The monoisotopic (exact) mass is 326 g/mol. The number of aliphatic hydroxyl groups is 7. The second kappa shape index (κ2) is 7.45. The lowest BCUT2D eigenvalue weighted by atomic mass is 9.99. The van der Waals surface area contributed by atoms with E-state index in [0.29, 0.717) is 0 Å². The van der Waals surface area contributed by atoms with Crippen LogP contribution in [0.3, 0.4) is 0 Å². The van der Waals surface area contributed by atoms with Gasteiger partial charge in [-0.15, -0.1) is 0 Å². The molecule has 10 nitrogen and oxygen atoms in total. The lowest BCUT2D eigenvalue weighted by Gasteiger charge is -2.43. The molecule has 130 valence electrons. The molecule has 0 aliphatic carbocycles. The number of rotatable bonds is 4. The van der Waals surface area contributed by atoms with Gasteiger partial charge in [0.15, 0.2) is 12.6 Å². The lowest BCUT2D eigenvalue weighted by Crippen LogP contribution is -2.61. The van der Waals surface area contributed by atoms with Crippen LogP contribution < -0.4 is 0 Å². The molecule has 0 spiro atoms. The minimum atomic E-state index is -1.63. The van der Waals surface area contributed by atoms with Crippen molar-refractivity contribution in [3.63, 3.8) is 0 Å². The first kappa shape index (κ1) is 17.9. The van der Waals surface area contributed by atoms with Gasteiger partial charge in [0.2, 0.25) is 0 Å². The molecule has 22 heavy (non-hydrogen) atoms. The second-order valence-electron chi connectivity index (χ2n) is 5.43. The quantitative estimate of drug-likeness (QED) is 0.268. The molecule has 2 heterocycles. The predicted octanol–water partition coefficient (Wildman–Crippen LogP) is -4.37. The van der Waals surface area contributed by atoms with E-state index in [1.807, 2.05) is 0 Å². The zero-order chi connectivity index (χ0) is 16.4. The van der Waals surface area contributed by atoms with Gasteiger partial charge in [0.05, 0.1) is 19.3 Å². The highest BCUT2D eigenvalue weighted by molar-refractivity contribution is 4.90. The summed E-state index contributed by atoms with van der Waals surface area (Å²) in [5, 5.41) is 66.7. The van der Waals surface area contributed by atoms with E-state index in [4.69, 9.17) is 24.4 Å². The van der Waals surface area contributed by atoms with Crippen molar-refractivity contribution < 1.29 is 50.0 Å². The molecule has 7 N–H and O–H groups in total. The standard InChI is InChI=1S/C12H22O10/c13-2-6-4(15)1-5(16)11(20-6)22-12-10(19)9(18)8(17)7(3-14)21-12/h4-19H,1-3H2/t4-,5+,6+,7+,8+,9-,10+,11+,12+/m0/s1. The van der Waals surface area contributed by atoms with Gasteiger partial charge >= 0.3 is 0 Å². The molecule has 0 aromatic carbocycles. The van der Waals surface area contributed by atoms with Gasteiger partial charge in [-0.25, -0.2) is 0 Å². The molecule has 0 saturated carbocycles.